The van der Waals surface area contributed by atoms with Crippen LogP contribution in [0.5, 0.6) is 11.5 Å². The largest absolute Gasteiger partial charge is 0.504 e. The van der Waals surface area contributed by atoms with Gasteiger partial charge in [0.2, 0.25) is 0 Å². The highest BCUT2D eigenvalue weighted by Gasteiger charge is 2.11. The van der Waals surface area contributed by atoms with Gasteiger partial charge in [-0.1, -0.05) is 58.4 Å². The van der Waals surface area contributed by atoms with Gasteiger partial charge in [0.1, 0.15) is 5.82 Å². The number of aromatic nitrogens is 2. The molecular formula is C24H18BrFN4O2. The summed E-state index contributed by atoms with van der Waals surface area (Å²) in [5.41, 5.74) is 2.77. The van der Waals surface area contributed by atoms with E-state index in [1.54, 1.807) is 36.7 Å². The first-order valence-electron chi connectivity index (χ1n) is 9.59. The van der Waals surface area contributed by atoms with E-state index in [9.17, 15) is 9.50 Å². The van der Waals surface area contributed by atoms with Gasteiger partial charge in [-0.2, -0.15) is 5.10 Å². The fourth-order valence-electron chi connectivity index (χ4n) is 2.94. The molecule has 32 heavy (non-hydrogen) atoms. The normalized spacial score (nSPS) is 11.5. The van der Waals surface area contributed by atoms with E-state index in [1.165, 1.54) is 30.1 Å². The number of aliphatic imine (C=N–C) groups is 1. The number of phenolic OH excluding ortho intramolecular Hbond substituents is 1. The van der Waals surface area contributed by atoms with Crippen LogP contribution in [0.1, 0.15) is 11.1 Å². The first-order chi connectivity index (χ1) is 15.5. The van der Waals surface area contributed by atoms with Crippen molar-refractivity contribution in [1.29, 1.82) is 0 Å². The Labute approximate surface area is 192 Å². The molecular weight excluding hydrogens is 475 g/mol. The second kappa shape index (κ2) is 9.57. The minimum Gasteiger partial charge on any atom is -0.504 e. The zero-order chi connectivity index (χ0) is 22.5. The predicted octanol–water partition coefficient (Wildman–Crippen LogP) is 5.80. The van der Waals surface area contributed by atoms with Crippen molar-refractivity contribution in [3.8, 4) is 22.8 Å². The van der Waals surface area contributed by atoms with E-state index in [2.05, 4.69) is 31.0 Å². The highest BCUT2D eigenvalue weighted by molar-refractivity contribution is 9.10. The lowest BCUT2D eigenvalue weighted by Crippen LogP contribution is -1.92. The van der Waals surface area contributed by atoms with E-state index >= 15 is 0 Å². The molecule has 0 aliphatic rings. The molecule has 6 nitrogen and oxygen atoms in total. The lowest BCUT2D eigenvalue weighted by atomic mass is 10.2. The zero-order valence-electron chi connectivity index (χ0n) is 17.0. The molecule has 0 aliphatic carbocycles. The standard InChI is InChI=1S/C24H18BrFN4O2/c1-32-22-12-19(25)11-18(23(22)31)14-27-24-29-21(17-5-3-2-4-6-17)15-30(24)28-13-16-7-9-20(26)10-8-16/h2-15,31H,1H3. The minimum absolute atomic E-state index is 0.0318. The van der Waals surface area contributed by atoms with Gasteiger partial charge in [-0.25, -0.2) is 19.0 Å². The molecule has 0 unspecified atom stereocenters. The maximum absolute atomic E-state index is 13.2. The number of ether oxygens (including phenoxy) is 1. The molecule has 0 bridgehead atoms. The molecule has 0 aliphatic heterocycles. The maximum Gasteiger partial charge on any atom is 0.251 e. The third-order valence-corrected chi connectivity index (χ3v) is 5.01. The summed E-state index contributed by atoms with van der Waals surface area (Å²) in [6.45, 7) is 0. The van der Waals surface area contributed by atoms with E-state index in [1.807, 2.05) is 30.3 Å². The SMILES string of the molecule is COc1cc(Br)cc(C=Nc2nc(-c3ccccc3)cn2N=Cc2ccc(F)cc2)c1O. The van der Waals surface area contributed by atoms with Gasteiger partial charge >= 0.3 is 0 Å². The molecule has 160 valence electrons. The Morgan fingerprint density at radius 2 is 1.81 bits per heavy atom. The van der Waals surface area contributed by atoms with Crippen molar-refractivity contribution in [2.75, 3.05) is 7.11 Å². The summed E-state index contributed by atoms with van der Waals surface area (Å²) in [7, 11) is 1.48. The smallest absolute Gasteiger partial charge is 0.251 e. The van der Waals surface area contributed by atoms with Crippen LogP contribution >= 0.6 is 15.9 Å². The summed E-state index contributed by atoms with van der Waals surface area (Å²) >= 11 is 3.40. The van der Waals surface area contributed by atoms with Crippen LogP contribution in [0.4, 0.5) is 10.3 Å². The van der Waals surface area contributed by atoms with E-state index in [4.69, 9.17) is 4.74 Å². The van der Waals surface area contributed by atoms with E-state index < -0.39 is 0 Å². The Morgan fingerprint density at radius 3 is 2.53 bits per heavy atom. The minimum atomic E-state index is -0.314. The summed E-state index contributed by atoms with van der Waals surface area (Å²) < 4.78 is 20.6. The van der Waals surface area contributed by atoms with Crippen LogP contribution in [0.3, 0.4) is 0 Å². The summed E-state index contributed by atoms with van der Waals surface area (Å²) in [6.07, 6.45) is 4.83. The van der Waals surface area contributed by atoms with Gasteiger partial charge in [-0.3, -0.25) is 0 Å². The fraction of sp³-hybridized carbons (Fsp3) is 0.0417. The molecule has 1 N–H and O–H groups in total. The number of phenols is 1. The quantitative estimate of drug-likeness (QED) is 0.345. The molecule has 0 saturated heterocycles. The second-order valence-electron chi connectivity index (χ2n) is 6.74. The number of rotatable bonds is 6. The van der Waals surface area contributed by atoms with Gasteiger partial charge in [0, 0.05) is 21.8 Å². The molecule has 4 aromatic rings. The number of aromatic hydroxyl groups is 1. The number of hydrogen-bond acceptors (Lipinski definition) is 5. The summed E-state index contributed by atoms with van der Waals surface area (Å²) in [4.78, 5) is 9.03. The molecule has 0 amide bonds. The molecule has 0 atom stereocenters. The maximum atomic E-state index is 13.2. The first-order valence-corrected chi connectivity index (χ1v) is 10.4. The topological polar surface area (TPSA) is 72.0 Å². The highest BCUT2D eigenvalue weighted by Crippen LogP contribution is 2.33. The average molecular weight is 493 g/mol. The van der Waals surface area contributed by atoms with Crippen molar-refractivity contribution in [1.82, 2.24) is 9.66 Å². The third kappa shape index (κ3) is 4.92. The summed E-state index contributed by atoms with van der Waals surface area (Å²) in [5.74, 6) is 0.283. The average Bonchev–Trinajstić information content (AvgIpc) is 3.22. The Kier molecular flexibility index (Phi) is 6.42. The number of nitrogens with zero attached hydrogens (tertiary/aromatic N) is 4. The Bertz CT molecular complexity index is 1290. The summed E-state index contributed by atoms with van der Waals surface area (Å²) in [6, 6.07) is 19.0. The molecule has 0 spiro atoms. The lowest BCUT2D eigenvalue weighted by Gasteiger charge is -2.06. The van der Waals surface area contributed by atoms with Crippen molar-refractivity contribution in [2.45, 2.75) is 0 Å². The molecule has 4 rings (SSSR count). The van der Waals surface area contributed by atoms with E-state index in [0.717, 1.165) is 15.6 Å². The van der Waals surface area contributed by atoms with Crippen molar-refractivity contribution in [3.05, 3.63) is 94.3 Å². The number of benzene rings is 3. The Balaban J connectivity index is 1.73. The first kappa shape index (κ1) is 21.5. The van der Waals surface area contributed by atoms with E-state index in [0.29, 0.717) is 23.0 Å². The van der Waals surface area contributed by atoms with Gasteiger partial charge in [-0.15, -0.1) is 0 Å². The number of methoxy groups -OCH3 is 1. The Morgan fingerprint density at radius 1 is 1.06 bits per heavy atom. The molecule has 0 radical (unpaired) electrons. The highest BCUT2D eigenvalue weighted by atomic mass is 79.9. The molecule has 3 aromatic carbocycles. The number of halogens is 2. The van der Waals surface area contributed by atoms with Gasteiger partial charge in [0.05, 0.1) is 25.2 Å². The van der Waals surface area contributed by atoms with Gasteiger partial charge in [-0.05, 0) is 29.8 Å². The molecule has 1 aromatic heterocycles. The second-order valence-corrected chi connectivity index (χ2v) is 7.65. The predicted molar refractivity (Wildman–Crippen MR) is 127 cm³/mol. The van der Waals surface area contributed by atoms with Gasteiger partial charge < -0.3 is 9.84 Å². The van der Waals surface area contributed by atoms with Gasteiger partial charge in [0.15, 0.2) is 11.5 Å². The fourth-order valence-corrected chi connectivity index (χ4v) is 3.39. The third-order valence-electron chi connectivity index (χ3n) is 4.55. The molecule has 0 fully saturated rings. The van der Waals surface area contributed by atoms with Crippen LogP contribution in [0.2, 0.25) is 0 Å². The zero-order valence-corrected chi connectivity index (χ0v) is 18.6. The summed E-state index contributed by atoms with van der Waals surface area (Å²) in [5, 5.41) is 14.8. The van der Waals surface area contributed by atoms with Crippen LogP contribution in [0, 0.1) is 5.82 Å². The molecule has 0 saturated carbocycles. The van der Waals surface area contributed by atoms with Crippen LogP contribution in [-0.2, 0) is 0 Å². The van der Waals surface area contributed by atoms with E-state index in [-0.39, 0.29) is 11.6 Å². The monoisotopic (exact) mass is 492 g/mol. The van der Waals surface area contributed by atoms with Gasteiger partial charge in [0.25, 0.3) is 5.95 Å². The van der Waals surface area contributed by atoms with Crippen LogP contribution in [0.15, 0.2) is 87.5 Å². The van der Waals surface area contributed by atoms with Crippen LogP contribution in [0.25, 0.3) is 11.3 Å². The Hall–Kier alpha value is -3.78. The lowest BCUT2D eigenvalue weighted by molar-refractivity contribution is 0.373. The number of hydrogen-bond donors (Lipinski definition) is 1. The number of imidazole rings is 1. The van der Waals surface area contributed by atoms with Crippen molar-refractivity contribution in [3.63, 3.8) is 0 Å². The molecule has 1 heterocycles. The van der Waals surface area contributed by atoms with Crippen molar-refractivity contribution >= 4 is 34.3 Å². The van der Waals surface area contributed by atoms with Crippen LogP contribution in [-0.4, -0.2) is 34.3 Å². The van der Waals surface area contributed by atoms with Crippen molar-refractivity contribution < 1.29 is 14.2 Å². The molecule has 8 heteroatoms. The van der Waals surface area contributed by atoms with Crippen LogP contribution < -0.4 is 4.74 Å². The van der Waals surface area contributed by atoms with Crippen molar-refractivity contribution in [2.24, 2.45) is 10.1 Å².